The molecule has 0 spiro atoms. The Morgan fingerprint density at radius 1 is 0.627 bits per heavy atom. The van der Waals surface area contributed by atoms with Crippen LogP contribution in [-0.2, 0) is 28.6 Å². The third-order valence-electron chi connectivity index (χ3n) is 7.87. The van der Waals surface area contributed by atoms with Gasteiger partial charge in [0.1, 0.15) is 12.6 Å². The fourth-order valence-electron chi connectivity index (χ4n) is 4.90. The van der Waals surface area contributed by atoms with Gasteiger partial charge in [-0.2, -0.15) is 0 Å². The fourth-order valence-corrected chi connectivity index (χ4v) is 4.90. The maximum absolute atomic E-state index is 12.6. The molecule has 0 heterocycles. The largest absolute Gasteiger partial charge is 0.544 e. The number of aliphatic carboxylic acids is 1. The summed E-state index contributed by atoms with van der Waals surface area (Å²) in [5.74, 6) is -1.83. The molecule has 0 aromatic carbocycles. The van der Waals surface area contributed by atoms with Gasteiger partial charge in [0.25, 0.3) is 0 Å². The van der Waals surface area contributed by atoms with Crippen molar-refractivity contribution in [2.45, 2.75) is 129 Å². The lowest BCUT2D eigenvalue weighted by Gasteiger charge is -2.34. The van der Waals surface area contributed by atoms with E-state index in [-0.39, 0.29) is 49.1 Å². The summed E-state index contributed by atoms with van der Waals surface area (Å²) in [6.07, 6.45) is 41.9. The van der Waals surface area contributed by atoms with Crippen molar-refractivity contribution < 1.29 is 38.2 Å². The number of carboxylic acids is 1. The van der Waals surface area contributed by atoms with Crippen LogP contribution < -0.4 is 5.11 Å². The van der Waals surface area contributed by atoms with Crippen LogP contribution >= 0.6 is 0 Å². The van der Waals surface area contributed by atoms with E-state index >= 15 is 0 Å². The number of quaternary nitrogens is 1. The van der Waals surface area contributed by atoms with E-state index in [0.29, 0.717) is 12.8 Å². The Hall–Kier alpha value is -3.49. The van der Waals surface area contributed by atoms with Crippen LogP contribution in [-0.4, -0.2) is 75.5 Å². The molecule has 8 nitrogen and oxygen atoms in total. The van der Waals surface area contributed by atoms with Gasteiger partial charge in [-0.05, 0) is 57.8 Å². The Morgan fingerprint density at radius 3 is 1.82 bits per heavy atom. The summed E-state index contributed by atoms with van der Waals surface area (Å²) in [5.41, 5.74) is 0. The number of carboxylic acid groups (broad SMARTS) is 1. The SMILES string of the molecule is CC/C=C/C/C=C/CCCCC(=O)OC(COCCC(C(=O)[O-])[N+](C)(C)C)COC(=O)CCCCCCC/C=C/C=C/C=C/C=C/C=C/CCC. The number of hydrogen-bond donors (Lipinski definition) is 0. The molecule has 0 aromatic heterocycles. The normalized spacial score (nSPS) is 14.0. The predicted octanol–water partition coefficient (Wildman–Crippen LogP) is 8.46. The number of hydrogen-bond acceptors (Lipinski definition) is 7. The minimum absolute atomic E-state index is 0.0131. The van der Waals surface area contributed by atoms with Crippen LogP contribution in [0, 0.1) is 0 Å². The molecule has 0 saturated carbocycles. The van der Waals surface area contributed by atoms with Gasteiger partial charge < -0.3 is 28.6 Å². The van der Waals surface area contributed by atoms with Crippen LogP contribution in [0.3, 0.4) is 0 Å². The maximum atomic E-state index is 12.6. The van der Waals surface area contributed by atoms with Crippen molar-refractivity contribution >= 4 is 17.9 Å². The molecule has 2 atom stereocenters. The second kappa shape index (κ2) is 33.6. The number of likely N-dealkylation sites (N-methyl/N-ethyl adjacent to an activating group) is 1. The summed E-state index contributed by atoms with van der Waals surface area (Å²) in [6.45, 7) is 4.34. The summed E-state index contributed by atoms with van der Waals surface area (Å²) >= 11 is 0. The summed E-state index contributed by atoms with van der Waals surface area (Å²) in [6, 6.07) is -0.738. The molecule has 8 heteroatoms. The molecule has 0 aliphatic carbocycles. The predicted molar refractivity (Wildman–Crippen MR) is 208 cm³/mol. The van der Waals surface area contributed by atoms with Crippen LogP contribution in [0.15, 0.2) is 85.1 Å². The van der Waals surface area contributed by atoms with E-state index in [0.717, 1.165) is 70.6 Å². The Balaban J connectivity index is 4.47. The number of unbranched alkanes of at least 4 members (excludes halogenated alkanes) is 8. The molecule has 0 rings (SSSR count). The summed E-state index contributed by atoms with van der Waals surface area (Å²) in [4.78, 5) is 36.6. The molecule has 51 heavy (non-hydrogen) atoms. The molecule has 0 aliphatic heterocycles. The minimum atomic E-state index is -1.14. The van der Waals surface area contributed by atoms with Gasteiger partial charge in [0.2, 0.25) is 0 Å². The lowest BCUT2D eigenvalue weighted by atomic mass is 10.1. The molecule has 0 amide bonds. The molecule has 288 valence electrons. The fraction of sp³-hybridized carbons (Fsp3) is 0.605. The monoisotopic (exact) mass is 712 g/mol. The highest BCUT2D eigenvalue weighted by molar-refractivity contribution is 5.70. The first-order chi connectivity index (χ1) is 24.6. The van der Waals surface area contributed by atoms with Gasteiger partial charge in [0, 0.05) is 19.3 Å². The van der Waals surface area contributed by atoms with Crippen LogP contribution in [0.2, 0.25) is 0 Å². The number of nitrogens with zero attached hydrogens (tertiary/aromatic N) is 1. The van der Waals surface area contributed by atoms with E-state index in [1.165, 1.54) is 6.42 Å². The van der Waals surface area contributed by atoms with Crippen LogP contribution in [0.4, 0.5) is 0 Å². The third kappa shape index (κ3) is 32.2. The average Bonchev–Trinajstić information content (AvgIpc) is 3.08. The molecule has 0 fully saturated rings. The van der Waals surface area contributed by atoms with E-state index < -0.39 is 18.1 Å². The second-order valence-electron chi connectivity index (χ2n) is 13.5. The lowest BCUT2D eigenvalue weighted by molar-refractivity contribution is -0.889. The van der Waals surface area contributed by atoms with E-state index in [4.69, 9.17) is 14.2 Å². The van der Waals surface area contributed by atoms with E-state index in [9.17, 15) is 19.5 Å². The number of carbonyl (C=O) groups excluding carboxylic acids is 3. The van der Waals surface area contributed by atoms with E-state index in [2.05, 4.69) is 62.5 Å². The van der Waals surface area contributed by atoms with E-state index in [1.54, 1.807) is 21.1 Å². The van der Waals surface area contributed by atoms with Crippen molar-refractivity contribution in [3.63, 3.8) is 0 Å². The molecule has 0 radical (unpaired) electrons. The highest BCUT2D eigenvalue weighted by Gasteiger charge is 2.25. The minimum Gasteiger partial charge on any atom is -0.544 e. The first kappa shape index (κ1) is 47.5. The zero-order chi connectivity index (χ0) is 37.8. The summed E-state index contributed by atoms with van der Waals surface area (Å²) in [5, 5.41) is 11.6. The lowest BCUT2D eigenvalue weighted by Crippen LogP contribution is -2.55. The molecule has 2 unspecified atom stereocenters. The van der Waals surface area contributed by atoms with Crippen molar-refractivity contribution in [1.29, 1.82) is 0 Å². The molecular weight excluding hydrogens is 642 g/mol. The standard InChI is InChI=1S/C43H69NO7/c1-6-8-10-12-14-16-17-18-19-20-21-22-23-24-26-27-29-31-33-41(45)50-38-39(37-49-36-35-40(43(47)48)44(3,4)5)51-42(46)34-32-30-28-25-15-13-11-9-7-2/h9-12,14-22,25,39-40H,6-8,13,23-24,26-38H2,1-5H3/b11-9+,12-10+,16-14+,18-17+,20-19+,22-21+,25-15+. The number of allylic oxidation sites excluding steroid dienone is 14. The average molecular weight is 712 g/mol. The number of carbonyl (C=O) groups is 3. The quantitative estimate of drug-likeness (QED) is 0.0227. The number of esters is 2. The Morgan fingerprint density at radius 2 is 1.18 bits per heavy atom. The Kier molecular flexibility index (Phi) is 31.3. The summed E-state index contributed by atoms with van der Waals surface area (Å²) < 4.78 is 17.0. The molecular formula is C43H69NO7. The van der Waals surface area contributed by atoms with Crippen molar-refractivity contribution in [1.82, 2.24) is 0 Å². The third-order valence-corrected chi connectivity index (χ3v) is 7.87. The Bertz CT molecular complexity index is 1110. The van der Waals surface area contributed by atoms with Crippen molar-refractivity contribution in [2.24, 2.45) is 0 Å². The first-order valence-corrected chi connectivity index (χ1v) is 19.2. The zero-order valence-corrected chi connectivity index (χ0v) is 32.5. The van der Waals surface area contributed by atoms with Gasteiger partial charge in [0.15, 0.2) is 6.10 Å². The number of ether oxygens (including phenoxy) is 3. The highest BCUT2D eigenvalue weighted by atomic mass is 16.6. The maximum Gasteiger partial charge on any atom is 0.306 e. The van der Waals surface area contributed by atoms with Crippen molar-refractivity contribution in [3.8, 4) is 0 Å². The van der Waals surface area contributed by atoms with Crippen LogP contribution in [0.5, 0.6) is 0 Å². The van der Waals surface area contributed by atoms with Gasteiger partial charge in [-0.25, -0.2) is 0 Å². The van der Waals surface area contributed by atoms with Gasteiger partial charge in [-0.15, -0.1) is 0 Å². The van der Waals surface area contributed by atoms with Crippen molar-refractivity contribution in [3.05, 3.63) is 85.1 Å². The van der Waals surface area contributed by atoms with Crippen LogP contribution in [0.1, 0.15) is 117 Å². The van der Waals surface area contributed by atoms with E-state index in [1.807, 2.05) is 36.5 Å². The van der Waals surface area contributed by atoms with Crippen molar-refractivity contribution in [2.75, 3.05) is 41.0 Å². The molecule has 0 bridgehead atoms. The molecule has 0 aromatic rings. The molecule has 0 N–H and O–H groups in total. The van der Waals surface area contributed by atoms with Gasteiger partial charge >= 0.3 is 11.9 Å². The Labute approximate surface area is 310 Å². The highest BCUT2D eigenvalue weighted by Crippen LogP contribution is 2.11. The zero-order valence-electron chi connectivity index (χ0n) is 32.5. The van der Waals surface area contributed by atoms with Gasteiger partial charge in [-0.3, -0.25) is 9.59 Å². The smallest absolute Gasteiger partial charge is 0.306 e. The van der Waals surface area contributed by atoms with Crippen LogP contribution in [0.25, 0.3) is 0 Å². The summed E-state index contributed by atoms with van der Waals surface area (Å²) in [7, 11) is 5.36. The molecule has 0 aliphatic rings. The molecule has 0 saturated heterocycles. The topological polar surface area (TPSA) is 102 Å². The second-order valence-corrected chi connectivity index (χ2v) is 13.5. The van der Waals surface area contributed by atoms with Gasteiger partial charge in [0.05, 0.1) is 40.3 Å². The first-order valence-electron chi connectivity index (χ1n) is 19.2. The number of rotatable bonds is 32. The van der Waals surface area contributed by atoms with Gasteiger partial charge in [-0.1, -0.05) is 125 Å².